The van der Waals surface area contributed by atoms with E-state index in [0.717, 1.165) is 15.0 Å². The van der Waals surface area contributed by atoms with E-state index in [4.69, 9.17) is 0 Å². The summed E-state index contributed by atoms with van der Waals surface area (Å²) in [6.07, 6.45) is 0. The SMILES string of the molecule is CC(=O)c1csc(-c2ccc(C)c(Br)c2)n1. The summed E-state index contributed by atoms with van der Waals surface area (Å²) in [4.78, 5) is 15.4. The van der Waals surface area contributed by atoms with E-state index in [1.165, 1.54) is 23.8 Å². The second kappa shape index (κ2) is 4.47. The maximum Gasteiger partial charge on any atom is 0.178 e. The molecular weight excluding hydrogens is 286 g/mol. The van der Waals surface area contributed by atoms with Gasteiger partial charge in [-0.25, -0.2) is 4.98 Å². The number of carbonyl (C=O) groups excluding carboxylic acids is 1. The minimum absolute atomic E-state index is 0.00803. The molecule has 0 aliphatic rings. The molecule has 0 unspecified atom stereocenters. The van der Waals surface area contributed by atoms with Crippen molar-refractivity contribution in [3.05, 3.63) is 39.3 Å². The van der Waals surface area contributed by atoms with Crippen LogP contribution in [0, 0.1) is 6.92 Å². The van der Waals surface area contributed by atoms with Crippen molar-refractivity contribution in [2.24, 2.45) is 0 Å². The van der Waals surface area contributed by atoms with Crippen molar-refractivity contribution in [3.63, 3.8) is 0 Å². The van der Waals surface area contributed by atoms with Crippen molar-refractivity contribution in [1.29, 1.82) is 0 Å². The van der Waals surface area contributed by atoms with Gasteiger partial charge in [-0.15, -0.1) is 11.3 Å². The minimum atomic E-state index is 0.00803. The molecule has 16 heavy (non-hydrogen) atoms. The maximum atomic E-state index is 11.1. The number of aryl methyl sites for hydroxylation is 1. The molecule has 4 heteroatoms. The Labute approximate surface area is 106 Å². The molecule has 0 fully saturated rings. The summed E-state index contributed by atoms with van der Waals surface area (Å²) in [5.74, 6) is 0.00803. The predicted molar refractivity (Wildman–Crippen MR) is 70.0 cm³/mol. The van der Waals surface area contributed by atoms with Crippen molar-refractivity contribution < 1.29 is 4.79 Å². The zero-order chi connectivity index (χ0) is 11.7. The van der Waals surface area contributed by atoms with Crippen molar-refractivity contribution in [1.82, 2.24) is 4.98 Å². The fraction of sp³-hybridized carbons (Fsp3) is 0.167. The second-order valence-electron chi connectivity index (χ2n) is 3.56. The van der Waals surface area contributed by atoms with Crippen LogP contribution in [0.15, 0.2) is 28.1 Å². The molecule has 0 saturated carbocycles. The second-order valence-corrected chi connectivity index (χ2v) is 5.27. The molecule has 0 atom stereocenters. The summed E-state index contributed by atoms with van der Waals surface area (Å²) in [5, 5.41) is 2.68. The molecule has 1 aromatic heterocycles. The third-order valence-corrected chi connectivity index (χ3v) is 4.03. The van der Waals surface area contributed by atoms with Crippen LogP contribution in [-0.2, 0) is 0 Å². The lowest BCUT2D eigenvalue weighted by molar-refractivity contribution is 0.101. The van der Waals surface area contributed by atoms with Crippen LogP contribution < -0.4 is 0 Å². The van der Waals surface area contributed by atoms with Gasteiger partial charge >= 0.3 is 0 Å². The summed E-state index contributed by atoms with van der Waals surface area (Å²) in [6, 6.07) is 6.08. The zero-order valence-electron chi connectivity index (χ0n) is 8.95. The Hall–Kier alpha value is -1.00. The number of rotatable bonds is 2. The number of hydrogen-bond donors (Lipinski definition) is 0. The highest BCUT2D eigenvalue weighted by atomic mass is 79.9. The highest BCUT2D eigenvalue weighted by Gasteiger charge is 2.08. The van der Waals surface area contributed by atoms with Crippen molar-refractivity contribution in [2.45, 2.75) is 13.8 Å². The van der Waals surface area contributed by atoms with Gasteiger partial charge in [-0.1, -0.05) is 28.1 Å². The van der Waals surface area contributed by atoms with Crippen LogP contribution in [0.4, 0.5) is 0 Å². The number of thiazole rings is 1. The Balaban J connectivity index is 2.42. The lowest BCUT2D eigenvalue weighted by Crippen LogP contribution is -1.91. The molecule has 0 radical (unpaired) electrons. The van der Waals surface area contributed by atoms with Gasteiger partial charge in [0, 0.05) is 22.3 Å². The fourth-order valence-electron chi connectivity index (χ4n) is 1.29. The topological polar surface area (TPSA) is 30.0 Å². The molecule has 0 saturated heterocycles. The van der Waals surface area contributed by atoms with Gasteiger partial charge in [-0.05, 0) is 18.6 Å². The molecule has 0 aliphatic carbocycles. The number of nitrogens with zero attached hydrogens (tertiary/aromatic N) is 1. The Morgan fingerprint density at radius 3 is 2.75 bits per heavy atom. The van der Waals surface area contributed by atoms with Gasteiger partial charge in [0.1, 0.15) is 10.7 Å². The third kappa shape index (κ3) is 2.23. The van der Waals surface area contributed by atoms with Gasteiger partial charge < -0.3 is 0 Å². The van der Waals surface area contributed by atoms with Crippen LogP contribution in [0.3, 0.4) is 0 Å². The Morgan fingerprint density at radius 1 is 1.44 bits per heavy atom. The van der Waals surface area contributed by atoms with Gasteiger partial charge in [0.15, 0.2) is 5.78 Å². The highest BCUT2D eigenvalue weighted by molar-refractivity contribution is 9.10. The number of benzene rings is 1. The van der Waals surface area contributed by atoms with Crippen LogP contribution >= 0.6 is 27.3 Å². The average Bonchev–Trinajstić information content (AvgIpc) is 2.71. The van der Waals surface area contributed by atoms with Crippen LogP contribution in [0.25, 0.3) is 10.6 Å². The van der Waals surface area contributed by atoms with E-state index in [1.807, 2.05) is 25.1 Å². The number of hydrogen-bond acceptors (Lipinski definition) is 3. The smallest absolute Gasteiger partial charge is 0.178 e. The number of ketones is 1. The maximum absolute atomic E-state index is 11.1. The molecular formula is C12H10BrNOS. The average molecular weight is 296 g/mol. The lowest BCUT2D eigenvalue weighted by Gasteiger charge is -2.00. The molecule has 0 aliphatic heterocycles. The van der Waals surface area contributed by atoms with E-state index in [2.05, 4.69) is 20.9 Å². The molecule has 0 spiro atoms. The lowest BCUT2D eigenvalue weighted by atomic mass is 10.2. The Kier molecular flexibility index (Phi) is 3.21. The van der Waals surface area contributed by atoms with Crippen LogP contribution in [-0.4, -0.2) is 10.8 Å². The predicted octanol–water partition coefficient (Wildman–Crippen LogP) is 4.08. The number of aromatic nitrogens is 1. The standard InChI is InChI=1S/C12H10BrNOS/c1-7-3-4-9(5-10(7)13)12-14-11(6-16-12)8(2)15/h3-6H,1-2H3. The largest absolute Gasteiger partial charge is 0.293 e. The molecule has 0 bridgehead atoms. The molecule has 1 heterocycles. The minimum Gasteiger partial charge on any atom is -0.293 e. The zero-order valence-corrected chi connectivity index (χ0v) is 11.4. The summed E-state index contributed by atoms with van der Waals surface area (Å²) in [5.41, 5.74) is 2.76. The Morgan fingerprint density at radius 2 is 2.19 bits per heavy atom. The summed E-state index contributed by atoms with van der Waals surface area (Å²) >= 11 is 4.98. The van der Waals surface area contributed by atoms with Gasteiger partial charge in [-0.2, -0.15) is 0 Å². The van der Waals surface area contributed by atoms with E-state index in [-0.39, 0.29) is 5.78 Å². The van der Waals surface area contributed by atoms with E-state index in [1.54, 1.807) is 5.38 Å². The van der Waals surface area contributed by atoms with E-state index < -0.39 is 0 Å². The molecule has 0 N–H and O–H groups in total. The molecule has 2 nitrogen and oxygen atoms in total. The monoisotopic (exact) mass is 295 g/mol. The molecule has 1 aromatic carbocycles. The first-order valence-electron chi connectivity index (χ1n) is 4.81. The Bertz CT molecular complexity index is 548. The van der Waals surface area contributed by atoms with E-state index in [9.17, 15) is 4.79 Å². The fourth-order valence-corrected chi connectivity index (χ4v) is 2.53. The summed E-state index contributed by atoms with van der Waals surface area (Å²) in [7, 11) is 0. The number of carbonyl (C=O) groups is 1. The van der Waals surface area contributed by atoms with Crippen LogP contribution in [0.1, 0.15) is 23.0 Å². The van der Waals surface area contributed by atoms with Crippen molar-refractivity contribution in [2.75, 3.05) is 0 Å². The highest BCUT2D eigenvalue weighted by Crippen LogP contribution is 2.28. The van der Waals surface area contributed by atoms with Crippen LogP contribution in [0.5, 0.6) is 0 Å². The normalized spacial score (nSPS) is 10.4. The van der Waals surface area contributed by atoms with Gasteiger partial charge in [-0.3, -0.25) is 4.79 Å². The van der Waals surface area contributed by atoms with E-state index >= 15 is 0 Å². The van der Waals surface area contributed by atoms with Crippen molar-refractivity contribution in [3.8, 4) is 10.6 Å². The van der Waals surface area contributed by atoms with Crippen LogP contribution in [0.2, 0.25) is 0 Å². The van der Waals surface area contributed by atoms with E-state index in [0.29, 0.717) is 5.69 Å². The quantitative estimate of drug-likeness (QED) is 0.781. The molecule has 82 valence electrons. The first-order valence-corrected chi connectivity index (χ1v) is 6.48. The van der Waals surface area contributed by atoms with Gasteiger partial charge in [0.2, 0.25) is 0 Å². The van der Waals surface area contributed by atoms with Gasteiger partial charge in [0.25, 0.3) is 0 Å². The molecule has 2 rings (SSSR count). The van der Waals surface area contributed by atoms with Gasteiger partial charge in [0.05, 0.1) is 0 Å². The third-order valence-electron chi connectivity index (χ3n) is 2.28. The summed E-state index contributed by atoms with van der Waals surface area (Å²) in [6.45, 7) is 3.57. The molecule has 2 aromatic rings. The van der Waals surface area contributed by atoms with Crippen molar-refractivity contribution >= 4 is 33.0 Å². The first kappa shape index (κ1) is 11.5. The number of Topliss-reactive ketones (excluding diaryl/α,β-unsaturated/α-hetero) is 1. The first-order chi connectivity index (χ1) is 7.58. The number of halogens is 1. The molecule has 0 amide bonds. The summed E-state index contributed by atoms with van der Waals surface area (Å²) < 4.78 is 1.06.